The molecule has 1 N–H and O–H groups in total. The zero-order valence-corrected chi connectivity index (χ0v) is 25.0. The number of hydrogen-bond donors (Lipinski definition) is 1. The Morgan fingerprint density at radius 2 is 1.78 bits per heavy atom. The van der Waals surface area contributed by atoms with Gasteiger partial charge in [-0.15, -0.1) is 0 Å². The van der Waals surface area contributed by atoms with Crippen LogP contribution in [0.3, 0.4) is 0 Å². The van der Waals surface area contributed by atoms with Crippen molar-refractivity contribution < 1.29 is 135 Å². The van der Waals surface area contributed by atoms with E-state index in [1.165, 1.54) is 19.2 Å². The molecule has 0 aliphatic carbocycles. The van der Waals surface area contributed by atoms with E-state index in [0.717, 1.165) is 23.3 Å². The summed E-state index contributed by atoms with van der Waals surface area (Å²) in [4.78, 5) is 21.2. The fourth-order valence-corrected chi connectivity index (χ4v) is 2.85. The first-order chi connectivity index (χ1) is 13.9. The third-order valence-electron chi connectivity index (χ3n) is 3.63. The first-order valence-electron chi connectivity index (χ1n) is 8.16. The summed E-state index contributed by atoms with van der Waals surface area (Å²) in [6.07, 6.45) is 0. The second kappa shape index (κ2) is 13.5. The number of hydrazone groups is 1. The van der Waals surface area contributed by atoms with Gasteiger partial charge in [0.1, 0.15) is 10.1 Å². The average molecular weight is 515 g/mol. The van der Waals surface area contributed by atoms with Crippen LogP contribution in [0.2, 0.25) is 0 Å². The minimum atomic E-state index is -4.91. The molecule has 0 spiro atoms. The Morgan fingerprint density at radius 3 is 2.25 bits per heavy atom. The van der Waals surface area contributed by atoms with E-state index in [9.17, 15) is 33.0 Å². The van der Waals surface area contributed by atoms with Gasteiger partial charge in [-0.1, -0.05) is 0 Å². The number of non-ortho nitro benzene ring substituents is 1. The number of carboxylic acid groups (broad SMARTS) is 1. The van der Waals surface area contributed by atoms with Crippen LogP contribution in [0.15, 0.2) is 46.4 Å². The molecule has 0 aliphatic heterocycles. The monoisotopic (exact) mass is 514 g/mol. The molecule has 0 unspecified atom stereocenters. The Hall–Kier alpha value is -0.437. The van der Waals surface area contributed by atoms with Crippen molar-refractivity contribution in [2.45, 2.75) is 18.7 Å². The number of anilines is 2. The number of hydrogen-bond acceptors (Lipinski definition) is 11. The van der Waals surface area contributed by atoms with Gasteiger partial charge in [0.2, 0.25) is 0 Å². The Kier molecular flexibility index (Phi) is 13.3. The molecule has 2 aromatic carbocycles. The smallest absolute Gasteiger partial charge is 0.744 e. The first-order valence-corrected chi connectivity index (χ1v) is 9.57. The number of carbonyl (C=O) groups is 1. The van der Waals surface area contributed by atoms with Crippen LogP contribution in [-0.4, -0.2) is 36.7 Å². The maximum atomic E-state index is 11.6. The molecule has 0 radical (unpaired) electrons. The topological polar surface area (TPSA) is 177 Å². The Balaban J connectivity index is 0.00000480. The number of carbonyl (C=O) groups excluding carboxylic acids is 1. The molecule has 0 heterocycles. The summed E-state index contributed by atoms with van der Waals surface area (Å²) < 4.78 is 38.8. The summed E-state index contributed by atoms with van der Waals surface area (Å²) in [6, 6.07) is 6.31. The molecule has 0 atom stereocenters. The summed E-state index contributed by atoms with van der Waals surface area (Å²) in [6.45, 7) is 3.22. The van der Waals surface area contributed by atoms with Crippen molar-refractivity contribution in [1.82, 2.24) is 0 Å². The predicted octanol–water partition coefficient (Wildman–Crippen LogP) is -4.89. The number of ether oxygens (including phenoxy) is 1. The first kappa shape index (κ1) is 31.6. The van der Waals surface area contributed by atoms with E-state index in [0.29, 0.717) is 11.8 Å². The molecular weight excluding hydrogens is 498 g/mol. The van der Waals surface area contributed by atoms with E-state index < -0.39 is 31.5 Å². The third-order valence-corrected chi connectivity index (χ3v) is 4.46. The molecule has 32 heavy (non-hydrogen) atoms. The molecule has 160 valence electrons. The standard InChI is InChI=1S/C17H18N4O8S.2K/c1-10(2)18-20(19-14-6-4-11(21(24)25)8-16(14)29-3)15-7-5-12(30(26,27)28)9-13(15)17(22)23;;/h4-9,19H,1-3H3,(H,22,23)(H,26,27,28);;/q;2*+1/p-2. The van der Waals surface area contributed by atoms with Crippen LogP contribution in [0.25, 0.3) is 0 Å². The van der Waals surface area contributed by atoms with Gasteiger partial charge in [0.05, 0.1) is 40.3 Å². The minimum Gasteiger partial charge on any atom is -0.744 e. The second-order valence-electron chi connectivity index (χ2n) is 6.03. The Labute approximate surface area is 269 Å². The fraction of sp³-hybridized carbons (Fsp3) is 0.176. The molecule has 2 rings (SSSR count). The number of hydrazine groups is 1. The number of benzene rings is 2. The third kappa shape index (κ3) is 8.41. The number of nitrogens with zero attached hydrogens (tertiary/aromatic N) is 3. The quantitative estimate of drug-likeness (QED) is 0.118. The van der Waals surface area contributed by atoms with Crippen LogP contribution in [0.5, 0.6) is 5.75 Å². The van der Waals surface area contributed by atoms with E-state index in [1.54, 1.807) is 13.8 Å². The summed E-state index contributed by atoms with van der Waals surface area (Å²) in [7, 11) is -3.63. The number of nitro groups is 1. The van der Waals surface area contributed by atoms with Gasteiger partial charge in [-0.05, 0) is 38.1 Å². The van der Waals surface area contributed by atoms with E-state index in [4.69, 9.17) is 4.74 Å². The van der Waals surface area contributed by atoms with Crippen LogP contribution in [0.4, 0.5) is 17.1 Å². The summed E-state index contributed by atoms with van der Waals surface area (Å²) in [5, 5.41) is 27.7. The van der Waals surface area contributed by atoms with Crippen LogP contribution < -0.4 is 123 Å². The molecule has 0 aliphatic rings. The van der Waals surface area contributed by atoms with Gasteiger partial charge in [-0.3, -0.25) is 15.5 Å². The molecule has 15 heteroatoms. The number of nitro benzene ring substituents is 1. The number of aromatic carboxylic acids is 1. The maximum absolute atomic E-state index is 11.6. The minimum absolute atomic E-state index is 0. The van der Waals surface area contributed by atoms with Crippen LogP contribution >= 0.6 is 0 Å². The molecule has 2 aromatic rings. The van der Waals surface area contributed by atoms with Crippen molar-refractivity contribution in [3.63, 3.8) is 0 Å². The molecule has 0 amide bonds. The van der Waals surface area contributed by atoms with Gasteiger partial charge in [0.25, 0.3) is 5.69 Å². The molecule has 0 fully saturated rings. The van der Waals surface area contributed by atoms with Crippen LogP contribution in [0.1, 0.15) is 24.2 Å². The predicted molar refractivity (Wildman–Crippen MR) is 103 cm³/mol. The normalized spacial score (nSPS) is 10.1. The average Bonchev–Trinajstić information content (AvgIpc) is 2.65. The van der Waals surface area contributed by atoms with E-state index in [1.807, 2.05) is 0 Å². The van der Waals surface area contributed by atoms with Gasteiger partial charge < -0.3 is 19.2 Å². The van der Waals surface area contributed by atoms with Crippen molar-refractivity contribution in [2.75, 3.05) is 17.7 Å². The maximum Gasteiger partial charge on any atom is 1.00 e. The Morgan fingerprint density at radius 1 is 1.16 bits per heavy atom. The van der Waals surface area contributed by atoms with Crippen molar-refractivity contribution in [3.8, 4) is 5.75 Å². The number of rotatable bonds is 8. The number of methoxy groups -OCH3 is 1. The van der Waals surface area contributed by atoms with E-state index in [-0.39, 0.29) is 126 Å². The van der Waals surface area contributed by atoms with Gasteiger partial charge in [-0.25, -0.2) is 8.42 Å². The molecule has 0 aromatic heterocycles. The Bertz CT molecular complexity index is 1140. The van der Waals surface area contributed by atoms with Crippen molar-refractivity contribution >= 4 is 38.9 Å². The summed E-state index contributed by atoms with van der Waals surface area (Å²) in [5.74, 6) is -1.69. The number of nitrogens with one attached hydrogen (secondary N) is 1. The number of carboxylic acids is 1. The van der Waals surface area contributed by atoms with Crippen molar-refractivity contribution in [1.29, 1.82) is 0 Å². The largest absolute Gasteiger partial charge is 1.00 e. The molecule has 12 nitrogen and oxygen atoms in total. The van der Waals surface area contributed by atoms with E-state index in [2.05, 4.69) is 10.5 Å². The molecular formula is C17H16K2N4O8S. The zero-order valence-electron chi connectivity index (χ0n) is 18.0. The SMILES string of the molecule is COc1cc([N+](=O)[O-])ccc1NN(N=C(C)C)c1ccc(S(=O)(=O)[O-])cc1C(=O)[O-].[K+].[K+]. The molecule has 0 saturated heterocycles. The van der Waals surface area contributed by atoms with Gasteiger partial charge in [0.15, 0.2) is 5.75 Å². The van der Waals surface area contributed by atoms with Crippen molar-refractivity contribution in [3.05, 3.63) is 52.1 Å². The second-order valence-corrected chi connectivity index (χ2v) is 7.41. The zero-order chi connectivity index (χ0) is 22.6. The fourth-order valence-electron chi connectivity index (χ4n) is 2.36. The van der Waals surface area contributed by atoms with Crippen molar-refractivity contribution in [2.24, 2.45) is 5.10 Å². The van der Waals surface area contributed by atoms with Crippen LogP contribution in [-0.2, 0) is 10.1 Å². The van der Waals surface area contributed by atoms with Gasteiger partial charge in [-0.2, -0.15) is 10.2 Å². The van der Waals surface area contributed by atoms with Gasteiger partial charge in [0, 0.05) is 17.3 Å². The van der Waals surface area contributed by atoms with Gasteiger partial charge >= 0.3 is 103 Å². The molecule has 0 bridgehead atoms. The summed E-state index contributed by atoms with van der Waals surface area (Å²) >= 11 is 0. The van der Waals surface area contributed by atoms with Crippen LogP contribution in [0, 0.1) is 10.1 Å². The molecule has 0 saturated carbocycles. The van der Waals surface area contributed by atoms with E-state index >= 15 is 0 Å². The summed E-state index contributed by atoms with van der Waals surface area (Å²) in [5.41, 5.74) is 2.40.